The molecule has 7 heteroatoms. The first kappa shape index (κ1) is 17.0. The molecular weight excluding hydrogens is 364 g/mol. The van der Waals surface area contributed by atoms with Gasteiger partial charge in [0.05, 0.1) is 19.5 Å². The lowest BCUT2D eigenvalue weighted by Crippen LogP contribution is -2.37. The van der Waals surface area contributed by atoms with E-state index in [1.54, 1.807) is 0 Å². The van der Waals surface area contributed by atoms with E-state index in [1.807, 2.05) is 12.5 Å². The van der Waals surface area contributed by atoms with Gasteiger partial charge in [-0.05, 0) is 37.8 Å². The first-order valence-corrected chi connectivity index (χ1v) is 10.4. The van der Waals surface area contributed by atoms with Crippen molar-refractivity contribution in [2.75, 3.05) is 31.2 Å². The molecule has 1 aliphatic heterocycles. The first-order chi connectivity index (χ1) is 14.3. The number of H-pyrrole nitrogens is 1. The van der Waals surface area contributed by atoms with Gasteiger partial charge in [0.15, 0.2) is 5.65 Å². The van der Waals surface area contributed by atoms with Crippen LogP contribution in [0.4, 0.5) is 5.95 Å². The number of anilines is 1. The molecule has 1 aliphatic carbocycles. The fourth-order valence-corrected chi connectivity index (χ4v) is 4.39. The van der Waals surface area contributed by atoms with Crippen LogP contribution in [0.2, 0.25) is 0 Å². The minimum Gasteiger partial charge on any atom is -0.378 e. The average molecular weight is 388 g/mol. The Morgan fingerprint density at radius 3 is 2.83 bits per heavy atom. The van der Waals surface area contributed by atoms with Gasteiger partial charge >= 0.3 is 0 Å². The number of hydrogen-bond donors (Lipinski definition) is 1. The maximum Gasteiger partial charge on any atom is 0.228 e. The van der Waals surface area contributed by atoms with Crippen molar-refractivity contribution in [3.8, 4) is 11.3 Å². The van der Waals surface area contributed by atoms with E-state index in [0.717, 1.165) is 58.3 Å². The Kier molecular flexibility index (Phi) is 3.84. The van der Waals surface area contributed by atoms with Gasteiger partial charge in [-0.25, -0.2) is 9.97 Å². The van der Waals surface area contributed by atoms with Gasteiger partial charge in [0, 0.05) is 41.8 Å². The van der Waals surface area contributed by atoms with Crippen LogP contribution in [0.15, 0.2) is 36.8 Å². The number of morpholine rings is 1. The van der Waals surface area contributed by atoms with Gasteiger partial charge in [-0.1, -0.05) is 12.1 Å². The molecule has 2 fully saturated rings. The standard InChI is InChI=1S/C22H24N6O/c1-14(15-5-6-15)28-13-24-20-19(17-3-2-4-18-16(17)7-8-23-18)25-22(26-21(20)28)27-9-11-29-12-10-27/h2-4,7-8,13-15,23H,5-6,9-12H2,1H3. The Morgan fingerprint density at radius 2 is 2.00 bits per heavy atom. The molecule has 0 radical (unpaired) electrons. The third-order valence-corrected chi connectivity index (χ3v) is 6.30. The average Bonchev–Trinajstić information content (AvgIpc) is 3.35. The first-order valence-electron chi connectivity index (χ1n) is 10.4. The Hall–Kier alpha value is -2.93. The van der Waals surface area contributed by atoms with Crippen LogP contribution in [0.1, 0.15) is 25.8 Å². The second kappa shape index (κ2) is 6.56. The molecule has 1 aromatic carbocycles. The molecule has 3 aromatic heterocycles. The van der Waals surface area contributed by atoms with E-state index in [9.17, 15) is 0 Å². The zero-order chi connectivity index (χ0) is 19.4. The molecule has 4 heterocycles. The normalized spacial score (nSPS) is 18.6. The van der Waals surface area contributed by atoms with Crippen LogP contribution in [-0.4, -0.2) is 50.8 Å². The predicted molar refractivity (Wildman–Crippen MR) is 113 cm³/mol. The Bertz CT molecular complexity index is 1180. The van der Waals surface area contributed by atoms with Crippen molar-refractivity contribution in [2.45, 2.75) is 25.8 Å². The number of hydrogen-bond acceptors (Lipinski definition) is 5. The highest BCUT2D eigenvalue weighted by atomic mass is 16.5. The lowest BCUT2D eigenvalue weighted by Gasteiger charge is -2.27. The summed E-state index contributed by atoms with van der Waals surface area (Å²) in [4.78, 5) is 20.3. The molecule has 2 aliphatic rings. The molecule has 1 saturated carbocycles. The third kappa shape index (κ3) is 2.80. The number of nitrogens with one attached hydrogen (secondary N) is 1. The molecule has 1 saturated heterocycles. The SMILES string of the molecule is CC(C1CC1)n1cnc2c(-c3cccc4[nH]ccc34)nc(N3CCOCC3)nc21. The van der Waals surface area contributed by atoms with Crippen molar-refractivity contribution < 1.29 is 4.74 Å². The highest BCUT2D eigenvalue weighted by Gasteiger charge is 2.31. The smallest absolute Gasteiger partial charge is 0.228 e. The van der Waals surface area contributed by atoms with Crippen molar-refractivity contribution in [1.82, 2.24) is 24.5 Å². The minimum absolute atomic E-state index is 0.406. The molecule has 1 unspecified atom stereocenters. The monoisotopic (exact) mass is 388 g/mol. The van der Waals surface area contributed by atoms with Gasteiger partial charge in [-0.2, -0.15) is 4.98 Å². The van der Waals surface area contributed by atoms with Crippen LogP contribution in [0.5, 0.6) is 0 Å². The summed E-state index contributed by atoms with van der Waals surface area (Å²) in [5.74, 6) is 1.50. The van der Waals surface area contributed by atoms with Gasteiger partial charge in [-0.15, -0.1) is 0 Å². The van der Waals surface area contributed by atoms with Crippen LogP contribution < -0.4 is 4.90 Å². The second-order valence-corrected chi connectivity index (χ2v) is 8.12. The van der Waals surface area contributed by atoms with Crippen LogP contribution >= 0.6 is 0 Å². The van der Waals surface area contributed by atoms with E-state index in [1.165, 1.54) is 12.8 Å². The molecular formula is C22H24N6O. The quantitative estimate of drug-likeness (QED) is 0.576. The molecule has 6 rings (SSSR count). The maximum absolute atomic E-state index is 5.54. The summed E-state index contributed by atoms with van der Waals surface area (Å²) in [5.41, 5.74) is 4.91. The number of aromatic amines is 1. The van der Waals surface area contributed by atoms with Crippen molar-refractivity contribution in [3.63, 3.8) is 0 Å². The largest absolute Gasteiger partial charge is 0.378 e. The Morgan fingerprint density at radius 1 is 1.14 bits per heavy atom. The summed E-state index contributed by atoms with van der Waals surface area (Å²) in [7, 11) is 0. The van der Waals surface area contributed by atoms with E-state index >= 15 is 0 Å². The number of benzene rings is 1. The lowest BCUT2D eigenvalue weighted by molar-refractivity contribution is 0.122. The maximum atomic E-state index is 5.54. The molecule has 0 spiro atoms. The van der Waals surface area contributed by atoms with Gasteiger partial charge < -0.3 is 19.2 Å². The van der Waals surface area contributed by atoms with Gasteiger partial charge in [0.1, 0.15) is 11.2 Å². The third-order valence-electron chi connectivity index (χ3n) is 6.30. The van der Waals surface area contributed by atoms with E-state index in [4.69, 9.17) is 19.7 Å². The summed E-state index contributed by atoms with van der Waals surface area (Å²) in [6.07, 6.45) is 6.50. The second-order valence-electron chi connectivity index (χ2n) is 8.12. The van der Waals surface area contributed by atoms with Crippen LogP contribution in [0, 0.1) is 5.92 Å². The zero-order valence-electron chi connectivity index (χ0n) is 16.5. The summed E-state index contributed by atoms with van der Waals surface area (Å²) in [5, 5.41) is 1.16. The number of ether oxygens (including phenoxy) is 1. The lowest BCUT2D eigenvalue weighted by atomic mass is 10.1. The van der Waals surface area contributed by atoms with Crippen LogP contribution in [0.3, 0.4) is 0 Å². The van der Waals surface area contributed by atoms with Gasteiger partial charge in [0.2, 0.25) is 5.95 Å². The molecule has 1 atom stereocenters. The number of fused-ring (bicyclic) bond motifs is 2. The molecule has 1 N–H and O–H groups in total. The number of imidazole rings is 1. The summed E-state index contributed by atoms with van der Waals surface area (Å²) < 4.78 is 7.79. The van der Waals surface area contributed by atoms with Gasteiger partial charge in [0.25, 0.3) is 0 Å². The minimum atomic E-state index is 0.406. The molecule has 7 nitrogen and oxygen atoms in total. The molecule has 148 valence electrons. The summed E-state index contributed by atoms with van der Waals surface area (Å²) >= 11 is 0. The zero-order valence-corrected chi connectivity index (χ0v) is 16.5. The molecule has 0 amide bonds. The topological polar surface area (TPSA) is 71.9 Å². The fraction of sp³-hybridized carbons (Fsp3) is 0.409. The van der Waals surface area contributed by atoms with E-state index in [-0.39, 0.29) is 0 Å². The van der Waals surface area contributed by atoms with Gasteiger partial charge in [-0.3, -0.25) is 0 Å². The number of nitrogens with zero attached hydrogens (tertiary/aromatic N) is 5. The van der Waals surface area contributed by atoms with Crippen molar-refractivity contribution >= 4 is 28.0 Å². The fourth-order valence-electron chi connectivity index (χ4n) is 4.39. The summed E-state index contributed by atoms with van der Waals surface area (Å²) in [6, 6.07) is 8.80. The molecule has 0 bridgehead atoms. The molecule has 29 heavy (non-hydrogen) atoms. The van der Waals surface area contributed by atoms with E-state index < -0.39 is 0 Å². The molecule has 4 aromatic rings. The van der Waals surface area contributed by atoms with E-state index in [0.29, 0.717) is 19.3 Å². The van der Waals surface area contributed by atoms with Crippen molar-refractivity contribution in [2.24, 2.45) is 5.92 Å². The van der Waals surface area contributed by atoms with Crippen molar-refractivity contribution in [3.05, 3.63) is 36.8 Å². The Balaban J connectivity index is 1.59. The predicted octanol–water partition coefficient (Wildman–Crippen LogP) is 3.78. The highest BCUT2D eigenvalue weighted by Crippen LogP contribution is 2.41. The number of aromatic nitrogens is 5. The summed E-state index contributed by atoms with van der Waals surface area (Å²) in [6.45, 7) is 5.32. The number of rotatable bonds is 4. The van der Waals surface area contributed by atoms with Crippen LogP contribution in [-0.2, 0) is 4.74 Å². The highest BCUT2D eigenvalue weighted by molar-refractivity contribution is 6.00. The Labute approximate surface area is 168 Å². The van der Waals surface area contributed by atoms with E-state index in [2.05, 4.69) is 45.6 Å². The van der Waals surface area contributed by atoms with Crippen molar-refractivity contribution in [1.29, 1.82) is 0 Å². The van der Waals surface area contributed by atoms with Crippen LogP contribution in [0.25, 0.3) is 33.3 Å².